The number of rotatable bonds is 3. The van der Waals surface area contributed by atoms with E-state index in [1.165, 1.54) is 0 Å². The van der Waals surface area contributed by atoms with Gasteiger partial charge >= 0.3 is 0 Å². The summed E-state index contributed by atoms with van der Waals surface area (Å²) in [5, 5.41) is -0.227. The van der Waals surface area contributed by atoms with E-state index in [0.29, 0.717) is 5.69 Å². The Morgan fingerprint density at radius 1 is 1.25 bits per heavy atom. The number of benzene rings is 2. The lowest BCUT2D eigenvalue weighted by molar-refractivity contribution is 0.600. The SMILES string of the molecule is Nc1cc(S(=O)(=O)Nc2ccccc2I)c(Cl)cc1F. The van der Waals surface area contributed by atoms with Crippen LogP contribution in [0.15, 0.2) is 41.3 Å². The highest BCUT2D eigenvalue weighted by atomic mass is 127. The van der Waals surface area contributed by atoms with E-state index in [4.69, 9.17) is 17.3 Å². The van der Waals surface area contributed by atoms with E-state index in [1.807, 2.05) is 22.6 Å². The molecular weight excluding hydrogens is 418 g/mol. The van der Waals surface area contributed by atoms with Gasteiger partial charge in [-0.2, -0.15) is 0 Å². The Bertz CT molecular complexity index is 768. The molecule has 20 heavy (non-hydrogen) atoms. The Balaban J connectivity index is 2.47. The van der Waals surface area contributed by atoms with Crippen molar-refractivity contribution in [2.45, 2.75) is 4.90 Å². The molecule has 0 heterocycles. The van der Waals surface area contributed by atoms with Crippen molar-refractivity contribution in [2.75, 3.05) is 10.5 Å². The Morgan fingerprint density at radius 2 is 1.90 bits per heavy atom. The molecule has 0 fully saturated rings. The van der Waals surface area contributed by atoms with Crippen molar-refractivity contribution < 1.29 is 12.8 Å². The molecule has 0 radical (unpaired) electrons. The first-order chi connectivity index (χ1) is 9.31. The molecule has 0 saturated carbocycles. The lowest BCUT2D eigenvalue weighted by Gasteiger charge is -2.11. The number of halogens is 3. The quantitative estimate of drug-likeness (QED) is 0.583. The van der Waals surface area contributed by atoms with Crippen LogP contribution in [0.25, 0.3) is 0 Å². The Labute approximate surface area is 134 Å². The van der Waals surface area contributed by atoms with Gasteiger partial charge in [0, 0.05) is 3.57 Å². The molecule has 3 N–H and O–H groups in total. The first-order valence-electron chi connectivity index (χ1n) is 5.33. The van der Waals surface area contributed by atoms with E-state index in [1.54, 1.807) is 24.3 Å². The van der Waals surface area contributed by atoms with Gasteiger partial charge in [0.1, 0.15) is 10.7 Å². The van der Waals surface area contributed by atoms with Crippen LogP contribution >= 0.6 is 34.2 Å². The molecule has 0 unspecified atom stereocenters. The zero-order valence-corrected chi connectivity index (χ0v) is 13.6. The van der Waals surface area contributed by atoms with Gasteiger partial charge in [0.2, 0.25) is 0 Å². The van der Waals surface area contributed by atoms with Gasteiger partial charge in [-0.1, -0.05) is 23.7 Å². The first kappa shape index (κ1) is 15.3. The van der Waals surface area contributed by atoms with Crippen LogP contribution in [0.5, 0.6) is 0 Å². The number of anilines is 2. The summed E-state index contributed by atoms with van der Waals surface area (Å²) < 4.78 is 40.9. The molecule has 2 aromatic rings. The van der Waals surface area contributed by atoms with Crippen LogP contribution in [-0.4, -0.2) is 8.42 Å². The highest BCUT2D eigenvalue weighted by Crippen LogP contribution is 2.29. The minimum atomic E-state index is -3.94. The minimum absolute atomic E-state index is 0.227. The standard InChI is InChI=1S/C12H9ClFIN2O2S/c13-7-5-8(14)10(16)6-12(7)20(18,19)17-11-4-2-1-3-9(11)15/h1-6,17H,16H2. The molecule has 0 aliphatic carbocycles. The zero-order chi connectivity index (χ0) is 14.9. The van der Waals surface area contributed by atoms with Crippen LogP contribution in [0.2, 0.25) is 5.02 Å². The number of nitrogens with two attached hydrogens (primary N) is 1. The lowest BCUT2D eigenvalue weighted by Crippen LogP contribution is -2.15. The fourth-order valence-corrected chi connectivity index (χ4v) is 3.83. The van der Waals surface area contributed by atoms with E-state index in [-0.39, 0.29) is 15.6 Å². The zero-order valence-electron chi connectivity index (χ0n) is 9.90. The summed E-state index contributed by atoms with van der Waals surface area (Å²) >= 11 is 7.77. The highest BCUT2D eigenvalue weighted by molar-refractivity contribution is 14.1. The van der Waals surface area contributed by atoms with Gasteiger partial charge in [-0.15, -0.1) is 0 Å². The molecular formula is C12H9ClFIN2O2S. The summed E-state index contributed by atoms with van der Waals surface area (Å²) in [6, 6.07) is 8.71. The third-order valence-electron chi connectivity index (χ3n) is 2.46. The topological polar surface area (TPSA) is 72.2 Å². The van der Waals surface area contributed by atoms with Gasteiger partial charge in [0.25, 0.3) is 10.0 Å². The maximum absolute atomic E-state index is 13.2. The monoisotopic (exact) mass is 426 g/mol. The van der Waals surface area contributed by atoms with Gasteiger partial charge in [-0.25, -0.2) is 12.8 Å². The summed E-state index contributed by atoms with van der Waals surface area (Å²) in [6.45, 7) is 0. The maximum Gasteiger partial charge on any atom is 0.263 e. The predicted molar refractivity (Wildman–Crippen MR) is 85.8 cm³/mol. The van der Waals surface area contributed by atoms with E-state index in [0.717, 1.165) is 15.7 Å². The smallest absolute Gasteiger partial charge is 0.263 e. The van der Waals surface area contributed by atoms with Crippen molar-refractivity contribution in [2.24, 2.45) is 0 Å². The van der Waals surface area contributed by atoms with Crippen LogP contribution in [-0.2, 0) is 10.0 Å². The van der Waals surface area contributed by atoms with Gasteiger partial charge < -0.3 is 5.73 Å². The molecule has 0 amide bonds. The van der Waals surface area contributed by atoms with Crippen molar-refractivity contribution in [1.29, 1.82) is 0 Å². The average Bonchev–Trinajstić information content (AvgIpc) is 2.36. The fourth-order valence-electron chi connectivity index (χ4n) is 1.49. The number of para-hydroxylation sites is 1. The van der Waals surface area contributed by atoms with Crippen molar-refractivity contribution in [1.82, 2.24) is 0 Å². The Kier molecular flexibility index (Phi) is 4.40. The molecule has 0 spiro atoms. The molecule has 8 heteroatoms. The van der Waals surface area contributed by atoms with Crippen LogP contribution in [0.4, 0.5) is 15.8 Å². The van der Waals surface area contributed by atoms with Gasteiger partial charge in [0.15, 0.2) is 0 Å². The summed E-state index contributed by atoms with van der Waals surface area (Å²) in [5.41, 5.74) is 5.51. The van der Waals surface area contributed by atoms with Crippen molar-refractivity contribution in [3.05, 3.63) is 50.8 Å². The minimum Gasteiger partial charge on any atom is -0.396 e. The van der Waals surface area contributed by atoms with E-state index in [2.05, 4.69) is 4.72 Å². The third-order valence-corrected chi connectivity index (χ3v) is 5.23. The summed E-state index contributed by atoms with van der Waals surface area (Å²) in [4.78, 5) is -0.266. The fraction of sp³-hybridized carbons (Fsp3) is 0. The molecule has 4 nitrogen and oxygen atoms in total. The largest absolute Gasteiger partial charge is 0.396 e. The second kappa shape index (κ2) is 5.74. The number of hydrogen-bond acceptors (Lipinski definition) is 3. The number of hydrogen-bond donors (Lipinski definition) is 2. The molecule has 0 aliphatic heterocycles. The molecule has 0 saturated heterocycles. The van der Waals surface area contributed by atoms with Crippen LogP contribution < -0.4 is 10.5 Å². The van der Waals surface area contributed by atoms with Crippen LogP contribution in [0, 0.1) is 9.39 Å². The second-order valence-electron chi connectivity index (χ2n) is 3.89. The van der Waals surface area contributed by atoms with E-state index in [9.17, 15) is 12.8 Å². The Hall–Kier alpha value is -1.06. The molecule has 0 atom stereocenters. The molecule has 0 aromatic heterocycles. The maximum atomic E-state index is 13.2. The summed E-state index contributed by atoms with van der Waals surface area (Å²) in [6.07, 6.45) is 0. The van der Waals surface area contributed by atoms with Crippen molar-refractivity contribution >= 4 is 55.6 Å². The van der Waals surface area contributed by atoms with Gasteiger partial charge in [0.05, 0.1) is 16.4 Å². The third kappa shape index (κ3) is 3.15. The normalized spacial score (nSPS) is 11.3. The van der Waals surface area contributed by atoms with Gasteiger partial charge in [-0.3, -0.25) is 4.72 Å². The molecule has 0 bridgehead atoms. The van der Waals surface area contributed by atoms with Crippen LogP contribution in [0.3, 0.4) is 0 Å². The lowest BCUT2D eigenvalue weighted by atomic mass is 10.3. The second-order valence-corrected chi connectivity index (χ2v) is 7.11. The average molecular weight is 427 g/mol. The highest BCUT2D eigenvalue weighted by Gasteiger charge is 2.21. The first-order valence-corrected chi connectivity index (χ1v) is 8.27. The van der Waals surface area contributed by atoms with Crippen molar-refractivity contribution in [3.8, 4) is 0 Å². The molecule has 2 rings (SSSR count). The molecule has 0 aliphatic rings. The van der Waals surface area contributed by atoms with Crippen molar-refractivity contribution in [3.63, 3.8) is 0 Å². The predicted octanol–water partition coefficient (Wildman–Crippen LogP) is 3.47. The van der Waals surface area contributed by atoms with E-state index >= 15 is 0 Å². The summed E-state index contributed by atoms with van der Waals surface area (Å²) in [5.74, 6) is -0.761. The van der Waals surface area contributed by atoms with E-state index < -0.39 is 15.8 Å². The molecule has 106 valence electrons. The summed E-state index contributed by atoms with van der Waals surface area (Å²) in [7, 11) is -3.94. The number of sulfonamides is 1. The van der Waals surface area contributed by atoms with Crippen LogP contribution in [0.1, 0.15) is 0 Å². The number of nitrogens with one attached hydrogen (secondary N) is 1. The number of nitrogen functional groups attached to an aromatic ring is 1. The van der Waals surface area contributed by atoms with Gasteiger partial charge in [-0.05, 0) is 46.9 Å². The molecule has 2 aromatic carbocycles. The Morgan fingerprint density at radius 3 is 2.55 bits per heavy atom.